The number of alkyl halides is 6. The lowest BCUT2D eigenvalue weighted by atomic mass is 9.78. The summed E-state index contributed by atoms with van der Waals surface area (Å²) in [6.45, 7) is 1.48. The van der Waals surface area contributed by atoms with E-state index in [9.17, 15) is 41.7 Å². The van der Waals surface area contributed by atoms with E-state index in [1.54, 1.807) is 11.4 Å². The summed E-state index contributed by atoms with van der Waals surface area (Å²) in [6, 6.07) is 10.6. The van der Waals surface area contributed by atoms with Gasteiger partial charge >= 0.3 is 12.4 Å². The van der Waals surface area contributed by atoms with Crippen LogP contribution in [0, 0.1) is 6.92 Å². The Morgan fingerprint density at radius 2 is 1.43 bits per heavy atom. The molecule has 1 unspecified atom stereocenters. The number of rotatable bonds is 7. The van der Waals surface area contributed by atoms with Crippen LogP contribution in [0.25, 0.3) is 0 Å². The molecule has 3 aromatic rings. The Kier molecular flexibility index (Phi) is 9.42. The summed E-state index contributed by atoms with van der Waals surface area (Å²) in [6.07, 6.45) is -12.2. The van der Waals surface area contributed by atoms with Gasteiger partial charge in [-0.25, -0.2) is 0 Å². The van der Waals surface area contributed by atoms with Crippen LogP contribution in [0.1, 0.15) is 39.6 Å². The van der Waals surface area contributed by atoms with E-state index in [2.05, 4.69) is 0 Å². The molecule has 4 N–H and O–H groups in total. The minimum absolute atomic E-state index is 0.0252. The third-order valence-corrected chi connectivity index (χ3v) is 6.87. The predicted octanol–water partition coefficient (Wildman–Crippen LogP) is 5.30. The summed E-state index contributed by atoms with van der Waals surface area (Å²) in [5.74, 6) is 0.0252. The zero-order valence-electron chi connectivity index (χ0n) is 20.0. The number of halogens is 6. The van der Waals surface area contributed by atoms with E-state index >= 15 is 0 Å². The molecule has 0 saturated carbocycles. The Hall–Kier alpha value is -2.64. The number of aryl methyl sites for hydroxylation is 1. The highest BCUT2D eigenvalue weighted by atomic mass is 32.1. The minimum atomic E-state index is -6.09. The second-order valence-corrected chi connectivity index (χ2v) is 9.01. The van der Waals surface area contributed by atoms with Crippen LogP contribution < -0.4 is 4.74 Å². The van der Waals surface area contributed by atoms with Gasteiger partial charge in [0.2, 0.25) is 0 Å². The Balaban J connectivity index is 0.00000235. The van der Waals surface area contributed by atoms with Gasteiger partial charge in [0, 0.05) is 18.2 Å². The van der Waals surface area contributed by atoms with Crippen molar-refractivity contribution in [3.05, 3.63) is 86.6 Å². The molecule has 12 heteroatoms. The topological polar surface area (TPSA) is 90.2 Å². The summed E-state index contributed by atoms with van der Waals surface area (Å²) >= 11 is 1.04. The Morgan fingerprint density at radius 1 is 0.838 bits per heavy atom. The van der Waals surface area contributed by atoms with E-state index in [0.29, 0.717) is 5.56 Å². The lowest BCUT2D eigenvalue weighted by Crippen LogP contribution is -2.55. The number of thiophene rings is 1. The highest BCUT2D eigenvalue weighted by molar-refractivity contribution is 7.10. The van der Waals surface area contributed by atoms with Gasteiger partial charge in [-0.05, 0) is 54.1 Å². The molecule has 1 heterocycles. The predicted molar refractivity (Wildman–Crippen MR) is 125 cm³/mol. The van der Waals surface area contributed by atoms with Crippen molar-refractivity contribution in [1.82, 2.24) is 0 Å². The van der Waals surface area contributed by atoms with Crippen LogP contribution in [-0.2, 0) is 24.4 Å². The van der Waals surface area contributed by atoms with Gasteiger partial charge in [-0.15, -0.1) is 11.3 Å². The standard InChI is InChI=1S/C24H22F6O4S.CH4O/c1-14-5-3-6-18(20(14)22(33,23(25,26)27)24(28,29)30)21(2,19-7-4-10-35-19)34-17-9-8-15(12-31)16(11-17)13-32;1-2/h3-11,31-33H,12-13H2,1-2H3;2H,1H3. The van der Waals surface area contributed by atoms with E-state index < -0.39 is 53.5 Å². The van der Waals surface area contributed by atoms with Crippen LogP contribution in [0.2, 0.25) is 0 Å². The fourth-order valence-corrected chi connectivity index (χ4v) is 4.82. The van der Waals surface area contributed by atoms with Gasteiger partial charge in [0.15, 0.2) is 5.60 Å². The Labute approximate surface area is 213 Å². The van der Waals surface area contributed by atoms with Gasteiger partial charge in [0.25, 0.3) is 5.60 Å². The molecule has 0 fully saturated rings. The maximum Gasteiger partial charge on any atom is 0.430 e. The molecule has 0 radical (unpaired) electrons. The van der Waals surface area contributed by atoms with Crippen LogP contribution in [0.15, 0.2) is 53.9 Å². The molecule has 1 atom stereocenters. The van der Waals surface area contributed by atoms with Crippen LogP contribution >= 0.6 is 11.3 Å². The first kappa shape index (κ1) is 30.6. The van der Waals surface area contributed by atoms with Crippen LogP contribution in [0.5, 0.6) is 5.75 Å². The first-order chi connectivity index (χ1) is 17.2. The van der Waals surface area contributed by atoms with Crippen molar-refractivity contribution in [3.63, 3.8) is 0 Å². The fraction of sp³-hybridized carbons (Fsp3) is 0.360. The SMILES string of the molecule is CO.Cc1cccc(C(C)(Oc2ccc(CO)c(CO)c2)c2cccs2)c1C(O)(C(F)(F)F)C(F)(F)F. The molecular weight excluding hydrogens is 526 g/mol. The quantitative estimate of drug-likeness (QED) is 0.299. The smallest absolute Gasteiger partial charge is 0.430 e. The monoisotopic (exact) mass is 552 g/mol. The largest absolute Gasteiger partial charge is 0.477 e. The highest BCUT2D eigenvalue weighted by Gasteiger charge is 2.73. The van der Waals surface area contributed by atoms with E-state index in [4.69, 9.17) is 9.84 Å². The van der Waals surface area contributed by atoms with E-state index in [1.807, 2.05) is 0 Å². The fourth-order valence-electron chi connectivity index (χ4n) is 3.98. The Bertz CT molecular complexity index is 1160. The normalized spacial score (nSPS) is 14.0. The summed E-state index contributed by atoms with van der Waals surface area (Å²) in [5.41, 5.74) is -8.77. The second kappa shape index (κ2) is 11.4. The number of aliphatic hydroxyl groups excluding tert-OH is 3. The van der Waals surface area contributed by atoms with Crippen molar-refractivity contribution in [2.24, 2.45) is 0 Å². The molecule has 1 aromatic heterocycles. The molecule has 0 bridgehead atoms. The zero-order valence-corrected chi connectivity index (χ0v) is 20.8. The Morgan fingerprint density at radius 3 is 1.92 bits per heavy atom. The maximum absolute atomic E-state index is 13.9. The zero-order chi connectivity index (χ0) is 28.2. The number of hydrogen-bond donors (Lipinski definition) is 4. The molecule has 0 saturated heterocycles. The number of ether oxygens (including phenoxy) is 1. The van der Waals surface area contributed by atoms with Crippen molar-refractivity contribution < 1.29 is 51.5 Å². The molecule has 3 rings (SSSR count). The van der Waals surface area contributed by atoms with Crippen molar-refractivity contribution in [2.75, 3.05) is 7.11 Å². The summed E-state index contributed by atoms with van der Waals surface area (Å²) in [4.78, 5) is 0.271. The number of benzene rings is 2. The van der Waals surface area contributed by atoms with E-state index in [1.165, 1.54) is 37.3 Å². The van der Waals surface area contributed by atoms with E-state index in [0.717, 1.165) is 37.5 Å². The summed E-state index contributed by atoms with van der Waals surface area (Å²) in [5, 5.41) is 37.9. The van der Waals surface area contributed by atoms with Gasteiger partial charge < -0.3 is 25.2 Å². The van der Waals surface area contributed by atoms with Crippen LogP contribution in [-0.4, -0.2) is 39.9 Å². The summed E-state index contributed by atoms with van der Waals surface area (Å²) in [7, 11) is 1.00. The molecule has 204 valence electrons. The molecule has 0 aliphatic heterocycles. The number of aliphatic hydroxyl groups is 4. The molecule has 37 heavy (non-hydrogen) atoms. The maximum atomic E-state index is 13.9. The summed E-state index contributed by atoms with van der Waals surface area (Å²) < 4.78 is 89.6. The second-order valence-electron chi connectivity index (χ2n) is 8.06. The van der Waals surface area contributed by atoms with Crippen molar-refractivity contribution >= 4 is 11.3 Å². The molecular formula is C25H26F6O5S. The van der Waals surface area contributed by atoms with Gasteiger partial charge in [-0.2, -0.15) is 26.3 Å². The lowest BCUT2D eigenvalue weighted by Gasteiger charge is -2.39. The molecule has 0 aliphatic carbocycles. The third kappa shape index (κ3) is 5.63. The third-order valence-electron chi connectivity index (χ3n) is 5.80. The van der Waals surface area contributed by atoms with Gasteiger partial charge in [-0.1, -0.05) is 30.3 Å². The highest BCUT2D eigenvalue weighted by Crippen LogP contribution is 2.54. The molecule has 0 amide bonds. The van der Waals surface area contributed by atoms with Crippen LogP contribution in [0.3, 0.4) is 0 Å². The lowest BCUT2D eigenvalue weighted by molar-refractivity contribution is -0.376. The molecule has 0 spiro atoms. The van der Waals surface area contributed by atoms with Crippen LogP contribution in [0.4, 0.5) is 26.3 Å². The van der Waals surface area contributed by atoms with Gasteiger partial charge in [-0.3, -0.25) is 0 Å². The van der Waals surface area contributed by atoms with Crippen molar-refractivity contribution in [2.45, 2.75) is 50.6 Å². The first-order valence-corrected chi connectivity index (χ1v) is 11.6. The first-order valence-electron chi connectivity index (χ1n) is 10.7. The minimum Gasteiger partial charge on any atom is -0.477 e. The molecule has 5 nitrogen and oxygen atoms in total. The van der Waals surface area contributed by atoms with E-state index in [-0.39, 0.29) is 16.2 Å². The number of hydrogen-bond acceptors (Lipinski definition) is 6. The molecule has 2 aromatic carbocycles. The average molecular weight is 553 g/mol. The van der Waals surface area contributed by atoms with Gasteiger partial charge in [0.05, 0.1) is 18.1 Å². The average Bonchev–Trinajstić information content (AvgIpc) is 3.39. The van der Waals surface area contributed by atoms with Gasteiger partial charge in [0.1, 0.15) is 5.75 Å². The van der Waals surface area contributed by atoms with Crippen molar-refractivity contribution in [3.8, 4) is 5.75 Å². The molecule has 0 aliphatic rings. The van der Waals surface area contributed by atoms with Crippen molar-refractivity contribution in [1.29, 1.82) is 0 Å².